The van der Waals surface area contributed by atoms with Crippen LogP contribution in [0.4, 0.5) is 4.39 Å². The Bertz CT molecular complexity index is 615. The second-order valence-electron chi connectivity index (χ2n) is 4.37. The molecule has 0 aliphatic carbocycles. The van der Waals surface area contributed by atoms with Crippen LogP contribution in [-0.4, -0.2) is 5.11 Å². The second-order valence-corrected chi connectivity index (χ2v) is 5.18. The Kier molecular flexibility index (Phi) is 4.86. The smallest absolute Gasteiger partial charge is 0.148 e. The third-order valence-electron chi connectivity index (χ3n) is 2.85. The van der Waals surface area contributed by atoms with Gasteiger partial charge < -0.3 is 9.84 Å². The zero-order valence-corrected chi connectivity index (χ0v) is 12.2. The van der Waals surface area contributed by atoms with Crippen LogP contribution in [0.15, 0.2) is 36.4 Å². The van der Waals surface area contributed by atoms with Crippen molar-refractivity contribution >= 4 is 23.2 Å². The molecule has 0 unspecified atom stereocenters. The van der Waals surface area contributed by atoms with Gasteiger partial charge in [-0.2, -0.15) is 0 Å². The van der Waals surface area contributed by atoms with Gasteiger partial charge in [0.1, 0.15) is 18.2 Å². The minimum absolute atomic E-state index is 0.0279. The Morgan fingerprint density at radius 1 is 1.20 bits per heavy atom. The Labute approximate surface area is 126 Å². The van der Waals surface area contributed by atoms with Crippen LogP contribution in [-0.2, 0) is 6.61 Å². The van der Waals surface area contributed by atoms with E-state index in [-0.39, 0.29) is 11.6 Å². The van der Waals surface area contributed by atoms with Crippen LogP contribution in [0.5, 0.6) is 5.75 Å². The van der Waals surface area contributed by atoms with E-state index in [9.17, 15) is 9.50 Å². The summed E-state index contributed by atoms with van der Waals surface area (Å²) in [5.74, 6) is -0.0682. The molecule has 0 amide bonds. The van der Waals surface area contributed by atoms with E-state index in [1.807, 2.05) is 0 Å². The maximum absolute atomic E-state index is 13.7. The van der Waals surface area contributed by atoms with Crippen LogP contribution in [0, 0.1) is 5.82 Å². The third-order valence-corrected chi connectivity index (χ3v) is 3.44. The molecule has 2 nitrogen and oxygen atoms in total. The Morgan fingerprint density at radius 3 is 2.60 bits per heavy atom. The average Bonchev–Trinajstić information content (AvgIpc) is 2.41. The van der Waals surface area contributed by atoms with Crippen LogP contribution in [0.25, 0.3) is 0 Å². The number of hydrogen-bond donors (Lipinski definition) is 1. The largest absolute Gasteiger partial charge is 0.487 e. The zero-order chi connectivity index (χ0) is 14.7. The van der Waals surface area contributed by atoms with Crippen molar-refractivity contribution < 1.29 is 14.2 Å². The fraction of sp³-hybridized carbons (Fsp3) is 0.200. The minimum Gasteiger partial charge on any atom is -0.487 e. The molecular formula is C15H13Cl2FO2. The molecule has 0 aliphatic heterocycles. The summed E-state index contributed by atoms with van der Waals surface area (Å²) < 4.78 is 19.2. The van der Waals surface area contributed by atoms with Crippen molar-refractivity contribution in [3.63, 3.8) is 0 Å². The summed E-state index contributed by atoms with van der Waals surface area (Å²) in [5.41, 5.74) is 1.05. The fourth-order valence-corrected chi connectivity index (χ4v) is 2.15. The van der Waals surface area contributed by atoms with Crippen molar-refractivity contribution in [3.05, 3.63) is 63.4 Å². The summed E-state index contributed by atoms with van der Waals surface area (Å²) in [4.78, 5) is 0. The van der Waals surface area contributed by atoms with Crippen molar-refractivity contribution in [1.29, 1.82) is 0 Å². The van der Waals surface area contributed by atoms with E-state index in [0.29, 0.717) is 21.9 Å². The maximum atomic E-state index is 13.7. The lowest BCUT2D eigenvalue weighted by Gasteiger charge is -2.11. The van der Waals surface area contributed by atoms with Crippen LogP contribution in [0.3, 0.4) is 0 Å². The fourth-order valence-electron chi connectivity index (χ4n) is 1.71. The molecule has 0 aliphatic rings. The molecule has 1 atom stereocenters. The summed E-state index contributed by atoms with van der Waals surface area (Å²) in [7, 11) is 0. The molecule has 0 saturated carbocycles. The quantitative estimate of drug-likeness (QED) is 0.881. The van der Waals surface area contributed by atoms with Gasteiger partial charge >= 0.3 is 0 Å². The average molecular weight is 315 g/mol. The predicted octanol–water partition coefficient (Wildman–Crippen LogP) is 4.76. The molecule has 0 fully saturated rings. The molecule has 2 aromatic carbocycles. The lowest BCUT2D eigenvalue weighted by molar-refractivity contribution is 0.199. The third kappa shape index (κ3) is 3.42. The number of aliphatic hydroxyl groups is 1. The number of hydrogen-bond acceptors (Lipinski definition) is 2. The van der Waals surface area contributed by atoms with Gasteiger partial charge in [0.25, 0.3) is 0 Å². The van der Waals surface area contributed by atoms with E-state index in [0.717, 1.165) is 0 Å². The summed E-state index contributed by atoms with van der Waals surface area (Å²) in [6.07, 6.45) is -0.605. The topological polar surface area (TPSA) is 29.5 Å². The first kappa shape index (κ1) is 15.1. The van der Waals surface area contributed by atoms with Gasteiger partial charge in [0, 0.05) is 5.56 Å². The van der Waals surface area contributed by atoms with E-state index in [2.05, 4.69) is 0 Å². The summed E-state index contributed by atoms with van der Waals surface area (Å²) in [6.45, 7) is 1.67. The Morgan fingerprint density at radius 2 is 1.95 bits per heavy atom. The molecule has 0 radical (unpaired) electrons. The van der Waals surface area contributed by atoms with Crippen molar-refractivity contribution in [2.75, 3.05) is 0 Å². The molecule has 0 heterocycles. The highest BCUT2D eigenvalue weighted by Gasteiger charge is 2.10. The predicted molar refractivity (Wildman–Crippen MR) is 77.8 cm³/mol. The van der Waals surface area contributed by atoms with Crippen LogP contribution >= 0.6 is 23.2 Å². The van der Waals surface area contributed by atoms with Gasteiger partial charge in [-0.25, -0.2) is 4.39 Å². The lowest BCUT2D eigenvalue weighted by atomic mass is 10.1. The molecular weight excluding hydrogens is 302 g/mol. The number of benzene rings is 2. The van der Waals surface area contributed by atoms with E-state index >= 15 is 0 Å². The monoisotopic (exact) mass is 314 g/mol. The van der Waals surface area contributed by atoms with E-state index in [1.54, 1.807) is 37.3 Å². The lowest BCUT2D eigenvalue weighted by Crippen LogP contribution is -2.00. The zero-order valence-electron chi connectivity index (χ0n) is 10.7. The number of halogens is 3. The Hall–Kier alpha value is -1.29. The highest BCUT2D eigenvalue weighted by Crippen LogP contribution is 2.29. The molecule has 5 heteroatoms. The molecule has 0 spiro atoms. The van der Waals surface area contributed by atoms with Crippen LogP contribution < -0.4 is 4.74 Å². The van der Waals surface area contributed by atoms with E-state index < -0.39 is 11.9 Å². The minimum atomic E-state index is -0.605. The van der Waals surface area contributed by atoms with Crippen molar-refractivity contribution in [2.24, 2.45) is 0 Å². The van der Waals surface area contributed by atoms with Crippen molar-refractivity contribution in [2.45, 2.75) is 19.6 Å². The molecule has 2 aromatic rings. The summed E-state index contributed by atoms with van der Waals surface area (Å²) in [6, 6.07) is 9.70. The normalized spacial score (nSPS) is 12.2. The van der Waals surface area contributed by atoms with Gasteiger partial charge in [-0.1, -0.05) is 41.4 Å². The highest BCUT2D eigenvalue weighted by atomic mass is 35.5. The molecule has 0 aromatic heterocycles. The molecule has 1 N–H and O–H groups in total. The number of ether oxygens (including phenoxy) is 1. The van der Waals surface area contributed by atoms with Gasteiger partial charge in [0.2, 0.25) is 0 Å². The summed E-state index contributed by atoms with van der Waals surface area (Å²) in [5, 5.41) is 9.87. The standard InChI is InChI=1S/C15H13Cl2FO2/c1-9(19)10-5-6-14(13(17)7-10)20-8-11-3-2-4-12(16)15(11)18/h2-7,9,19H,8H2,1H3/t9-/m1/s1. The van der Waals surface area contributed by atoms with Gasteiger partial charge in [-0.15, -0.1) is 0 Å². The van der Waals surface area contributed by atoms with Crippen LogP contribution in [0.2, 0.25) is 10.0 Å². The van der Waals surface area contributed by atoms with E-state index in [1.165, 1.54) is 6.07 Å². The SMILES string of the molecule is C[C@@H](O)c1ccc(OCc2cccc(Cl)c2F)c(Cl)c1. The number of rotatable bonds is 4. The number of aliphatic hydroxyl groups excluding tert-OH is 1. The molecule has 2 rings (SSSR count). The summed E-state index contributed by atoms with van der Waals surface area (Å²) >= 11 is 11.8. The van der Waals surface area contributed by atoms with Gasteiger partial charge in [-0.3, -0.25) is 0 Å². The highest BCUT2D eigenvalue weighted by molar-refractivity contribution is 6.32. The van der Waals surface area contributed by atoms with Gasteiger partial charge in [0.15, 0.2) is 0 Å². The van der Waals surface area contributed by atoms with Crippen molar-refractivity contribution in [1.82, 2.24) is 0 Å². The first-order chi connectivity index (χ1) is 9.49. The Balaban J connectivity index is 2.13. The second kappa shape index (κ2) is 6.44. The van der Waals surface area contributed by atoms with Crippen molar-refractivity contribution in [3.8, 4) is 5.75 Å². The van der Waals surface area contributed by atoms with Crippen LogP contribution in [0.1, 0.15) is 24.2 Å². The first-order valence-corrected chi connectivity index (χ1v) is 6.78. The van der Waals surface area contributed by atoms with Gasteiger partial charge in [0.05, 0.1) is 16.1 Å². The molecule has 0 saturated heterocycles. The molecule has 20 heavy (non-hydrogen) atoms. The van der Waals surface area contributed by atoms with Gasteiger partial charge in [-0.05, 0) is 30.7 Å². The molecule has 0 bridgehead atoms. The molecule has 106 valence electrons. The maximum Gasteiger partial charge on any atom is 0.148 e. The van der Waals surface area contributed by atoms with E-state index in [4.69, 9.17) is 27.9 Å². The first-order valence-electron chi connectivity index (χ1n) is 6.02.